The molecule has 0 aliphatic carbocycles. The number of hydrogen-bond donors (Lipinski definition) is 2. The minimum Gasteiger partial charge on any atom is -0.381 e. The first-order valence-corrected chi connectivity index (χ1v) is 6.77. The predicted molar refractivity (Wildman–Crippen MR) is 76.3 cm³/mol. The molecule has 0 bridgehead atoms. The molecule has 0 aromatic heterocycles. The number of nitrogens with one attached hydrogen (secondary N) is 2. The maximum absolute atomic E-state index is 11.9. The number of hydrogen-bond acceptors (Lipinski definition) is 3. The predicted octanol–water partition coefficient (Wildman–Crippen LogP) is 2.09. The van der Waals surface area contributed by atoms with Gasteiger partial charge in [0.25, 0.3) is 0 Å². The minimum atomic E-state index is 0.00187. The molecule has 4 nitrogen and oxygen atoms in total. The molecule has 1 fully saturated rings. The second-order valence-corrected chi connectivity index (χ2v) is 5.39. The van der Waals surface area contributed by atoms with Gasteiger partial charge in [-0.2, -0.15) is 0 Å². The highest BCUT2D eigenvalue weighted by atomic mass is 16.5. The summed E-state index contributed by atoms with van der Waals surface area (Å²) in [4.78, 5) is 11.9. The van der Waals surface area contributed by atoms with Crippen LogP contribution in [-0.4, -0.2) is 31.2 Å². The Bertz CT molecular complexity index is 440. The zero-order valence-corrected chi connectivity index (χ0v) is 11.7. The van der Waals surface area contributed by atoms with Crippen LogP contribution in [0.3, 0.4) is 0 Å². The number of benzene rings is 1. The number of rotatable bonds is 4. The van der Waals surface area contributed by atoms with Crippen LogP contribution in [0.25, 0.3) is 0 Å². The van der Waals surface area contributed by atoms with E-state index in [1.165, 1.54) is 0 Å². The number of aryl methyl sites for hydroxylation is 1. The van der Waals surface area contributed by atoms with Gasteiger partial charge in [-0.3, -0.25) is 4.79 Å². The fourth-order valence-corrected chi connectivity index (χ4v) is 2.20. The van der Waals surface area contributed by atoms with Gasteiger partial charge < -0.3 is 15.4 Å². The molecule has 0 spiro atoms. The normalized spacial score (nSPS) is 18.0. The average Bonchev–Trinajstić information content (AvgIpc) is 2.40. The molecule has 4 heteroatoms. The van der Waals surface area contributed by atoms with Crippen molar-refractivity contribution in [2.75, 3.05) is 25.1 Å². The van der Waals surface area contributed by atoms with Crippen molar-refractivity contribution in [3.63, 3.8) is 0 Å². The van der Waals surface area contributed by atoms with E-state index in [0.717, 1.165) is 37.3 Å². The fourth-order valence-electron chi connectivity index (χ4n) is 2.20. The molecule has 0 saturated carbocycles. The number of para-hydroxylation sites is 1. The summed E-state index contributed by atoms with van der Waals surface area (Å²) in [5.41, 5.74) is 1.97. The van der Waals surface area contributed by atoms with Gasteiger partial charge in [-0.25, -0.2) is 0 Å². The van der Waals surface area contributed by atoms with E-state index >= 15 is 0 Å². The van der Waals surface area contributed by atoms with Crippen LogP contribution in [0.1, 0.15) is 25.3 Å². The van der Waals surface area contributed by atoms with Gasteiger partial charge in [0.05, 0.1) is 6.54 Å². The third kappa shape index (κ3) is 4.04. The van der Waals surface area contributed by atoms with Crippen LogP contribution in [0.15, 0.2) is 24.3 Å². The van der Waals surface area contributed by atoms with Crippen molar-refractivity contribution < 1.29 is 9.53 Å². The van der Waals surface area contributed by atoms with Crippen molar-refractivity contribution >= 4 is 11.6 Å². The Morgan fingerprint density at radius 1 is 1.32 bits per heavy atom. The largest absolute Gasteiger partial charge is 0.381 e. The van der Waals surface area contributed by atoms with Gasteiger partial charge in [-0.1, -0.05) is 18.2 Å². The van der Waals surface area contributed by atoms with Crippen LogP contribution >= 0.6 is 0 Å². The van der Waals surface area contributed by atoms with Gasteiger partial charge in [0, 0.05) is 24.4 Å². The molecule has 1 aliphatic rings. The van der Waals surface area contributed by atoms with E-state index in [2.05, 4.69) is 17.6 Å². The summed E-state index contributed by atoms with van der Waals surface area (Å²) in [6.45, 7) is 6.01. The summed E-state index contributed by atoms with van der Waals surface area (Å²) >= 11 is 0. The molecular weight excluding hydrogens is 240 g/mol. The van der Waals surface area contributed by atoms with Crippen molar-refractivity contribution in [1.29, 1.82) is 0 Å². The van der Waals surface area contributed by atoms with Crippen molar-refractivity contribution in [2.45, 2.75) is 32.2 Å². The van der Waals surface area contributed by atoms with E-state index in [4.69, 9.17) is 4.74 Å². The van der Waals surface area contributed by atoms with Gasteiger partial charge in [0.1, 0.15) is 0 Å². The lowest BCUT2D eigenvalue weighted by Crippen LogP contribution is -2.49. The third-order valence-corrected chi connectivity index (χ3v) is 3.69. The second-order valence-electron chi connectivity index (χ2n) is 5.39. The Hall–Kier alpha value is -1.39. The maximum Gasteiger partial charge on any atom is 0.238 e. The quantitative estimate of drug-likeness (QED) is 0.873. The van der Waals surface area contributed by atoms with Crippen LogP contribution in [0.2, 0.25) is 0 Å². The topological polar surface area (TPSA) is 50.4 Å². The zero-order chi connectivity index (χ0) is 13.7. The maximum atomic E-state index is 11.9. The summed E-state index contributed by atoms with van der Waals surface area (Å²) in [5.74, 6) is 0.00187. The molecule has 1 aliphatic heterocycles. The number of ether oxygens (including phenoxy) is 1. The second kappa shape index (κ2) is 6.17. The first-order chi connectivity index (χ1) is 9.09. The van der Waals surface area contributed by atoms with E-state index in [9.17, 15) is 4.79 Å². The van der Waals surface area contributed by atoms with Gasteiger partial charge in [-0.05, 0) is 38.3 Å². The third-order valence-electron chi connectivity index (χ3n) is 3.69. The highest BCUT2D eigenvalue weighted by Gasteiger charge is 2.27. The number of anilines is 1. The Kier molecular flexibility index (Phi) is 4.56. The monoisotopic (exact) mass is 262 g/mol. The number of carbonyl (C=O) groups excluding carboxylic acids is 1. The Morgan fingerprint density at radius 3 is 2.68 bits per heavy atom. The summed E-state index contributed by atoms with van der Waals surface area (Å²) in [6.07, 6.45) is 1.90. The lowest BCUT2D eigenvalue weighted by atomic mass is 9.92. The summed E-state index contributed by atoms with van der Waals surface area (Å²) in [5, 5.41) is 6.28. The molecule has 0 atom stereocenters. The highest BCUT2D eigenvalue weighted by molar-refractivity contribution is 5.92. The van der Waals surface area contributed by atoms with E-state index in [-0.39, 0.29) is 11.4 Å². The molecule has 104 valence electrons. The average molecular weight is 262 g/mol. The van der Waals surface area contributed by atoms with Crippen LogP contribution in [-0.2, 0) is 9.53 Å². The van der Waals surface area contributed by atoms with Crippen molar-refractivity contribution in [3.8, 4) is 0 Å². The van der Waals surface area contributed by atoms with Gasteiger partial charge in [0.15, 0.2) is 0 Å². The van der Waals surface area contributed by atoms with E-state index in [1.807, 2.05) is 31.2 Å². The van der Waals surface area contributed by atoms with E-state index in [1.54, 1.807) is 0 Å². The molecule has 0 unspecified atom stereocenters. The fraction of sp³-hybridized carbons (Fsp3) is 0.533. The van der Waals surface area contributed by atoms with Crippen LogP contribution in [0.4, 0.5) is 5.69 Å². The van der Waals surface area contributed by atoms with Crippen LogP contribution in [0.5, 0.6) is 0 Å². The molecule has 0 radical (unpaired) electrons. The van der Waals surface area contributed by atoms with Crippen molar-refractivity contribution in [2.24, 2.45) is 0 Å². The molecule has 1 aromatic carbocycles. The van der Waals surface area contributed by atoms with Gasteiger partial charge in [-0.15, -0.1) is 0 Å². The zero-order valence-electron chi connectivity index (χ0n) is 11.7. The standard InChI is InChI=1S/C15H22N2O2/c1-12-5-3-4-6-13(12)17-14(18)11-16-15(2)7-9-19-10-8-15/h3-6,16H,7-11H2,1-2H3,(H,17,18). The lowest BCUT2D eigenvalue weighted by Gasteiger charge is -2.34. The number of amides is 1. The molecule has 1 heterocycles. The summed E-state index contributed by atoms with van der Waals surface area (Å²) in [7, 11) is 0. The molecule has 19 heavy (non-hydrogen) atoms. The summed E-state index contributed by atoms with van der Waals surface area (Å²) in [6, 6.07) is 7.80. The molecular formula is C15H22N2O2. The molecule has 2 rings (SSSR count). The smallest absolute Gasteiger partial charge is 0.238 e. The first kappa shape index (κ1) is 14.0. The highest BCUT2D eigenvalue weighted by Crippen LogP contribution is 2.19. The minimum absolute atomic E-state index is 0.00187. The molecule has 1 amide bonds. The summed E-state index contributed by atoms with van der Waals surface area (Å²) < 4.78 is 5.34. The molecule has 1 saturated heterocycles. The Balaban J connectivity index is 1.83. The Labute approximate surface area is 114 Å². The molecule has 2 N–H and O–H groups in total. The van der Waals surface area contributed by atoms with Crippen LogP contribution in [0, 0.1) is 6.92 Å². The van der Waals surface area contributed by atoms with Crippen molar-refractivity contribution in [1.82, 2.24) is 5.32 Å². The Morgan fingerprint density at radius 2 is 2.00 bits per heavy atom. The number of carbonyl (C=O) groups is 1. The van der Waals surface area contributed by atoms with E-state index in [0.29, 0.717) is 6.54 Å². The van der Waals surface area contributed by atoms with Crippen molar-refractivity contribution in [3.05, 3.63) is 29.8 Å². The van der Waals surface area contributed by atoms with E-state index < -0.39 is 0 Å². The van der Waals surface area contributed by atoms with Gasteiger partial charge in [0.2, 0.25) is 5.91 Å². The van der Waals surface area contributed by atoms with Crippen LogP contribution < -0.4 is 10.6 Å². The molecule has 1 aromatic rings. The lowest BCUT2D eigenvalue weighted by molar-refractivity contribution is -0.116. The first-order valence-electron chi connectivity index (χ1n) is 6.77. The van der Waals surface area contributed by atoms with Gasteiger partial charge >= 0.3 is 0 Å². The SMILES string of the molecule is Cc1ccccc1NC(=O)CNC1(C)CCOCC1.